The van der Waals surface area contributed by atoms with Crippen molar-refractivity contribution < 1.29 is 5.11 Å². The summed E-state index contributed by atoms with van der Waals surface area (Å²) >= 11 is 0. The standard InChI is InChI=1S/C15H30N2O/c1-11-9-12(2)15(14(18)10-11)17-7-5-13(6-8-17)16(3)4/h11-15,18H,5-10H2,1-4H3. The van der Waals surface area contributed by atoms with Gasteiger partial charge < -0.3 is 10.0 Å². The molecule has 1 saturated heterocycles. The van der Waals surface area contributed by atoms with Gasteiger partial charge in [0.25, 0.3) is 0 Å². The number of piperidine rings is 1. The largest absolute Gasteiger partial charge is 0.391 e. The lowest BCUT2D eigenvalue weighted by Gasteiger charge is -2.46. The molecule has 0 amide bonds. The Labute approximate surface area is 112 Å². The molecule has 1 aliphatic carbocycles. The number of aliphatic hydroxyl groups is 1. The van der Waals surface area contributed by atoms with Crippen LogP contribution in [-0.2, 0) is 0 Å². The molecule has 1 saturated carbocycles. The second kappa shape index (κ2) is 5.89. The fraction of sp³-hybridized carbons (Fsp3) is 1.00. The Balaban J connectivity index is 1.92. The number of hydrogen-bond donors (Lipinski definition) is 1. The van der Waals surface area contributed by atoms with Crippen molar-refractivity contribution in [2.75, 3.05) is 27.2 Å². The van der Waals surface area contributed by atoms with Crippen LogP contribution in [0.25, 0.3) is 0 Å². The molecule has 2 rings (SSSR count). The number of likely N-dealkylation sites (tertiary alicyclic amines) is 1. The van der Waals surface area contributed by atoms with Gasteiger partial charge in [-0.1, -0.05) is 13.8 Å². The molecule has 4 atom stereocenters. The third kappa shape index (κ3) is 3.06. The third-order valence-corrected chi connectivity index (χ3v) is 5.05. The van der Waals surface area contributed by atoms with Gasteiger partial charge >= 0.3 is 0 Å². The van der Waals surface area contributed by atoms with Crippen LogP contribution in [0, 0.1) is 11.8 Å². The Kier molecular flexibility index (Phi) is 4.68. The summed E-state index contributed by atoms with van der Waals surface area (Å²) in [4.78, 5) is 4.90. The van der Waals surface area contributed by atoms with E-state index < -0.39 is 0 Å². The second-order valence-electron chi connectivity index (χ2n) is 6.84. The number of aliphatic hydroxyl groups excluding tert-OH is 1. The maximum atomic E-state index is 10.4. The summed E-state index contributed by atoms with van der Waals surface area (Å²) < 4.78 is 0. The molecule has 0 aromatic heterocycles. The van der Waals surface area contributed by atoms with Gasteiger partial charge in [-0.25, -0.2) is 0 Å². The zero-order chi connectivity index (χ0) is 13.3. The quantitative estimate of drug-likeness (QED) is 0.814. The molecule has 106 valence electrons. The van der Waals surface area contributed by atoms with Crippen LogP contribution in [0.4, 0.5) is 0 Å². The number of rotatable bonds is 2. The molecule has 0 aromatic carbocycles. The Morgan fingerprint density at radius 3 is 2.17 bits per heavy atom. The van der Waals surface area contributed by atoms with E-state index in [1.54, 1.807) is 0 Å². The summed E-state index contributed by atoms with van der Waals surface area (Å²) in [5, 5.41) is 10.4. The summed E-state index contributed by atoms with van der Waals surface area (Å²) in [7, 11) is 4.36. The van der Waals surface area contributed by atoms with Gasteiger partial charge in [0.05, 0.1) is 6.10 Å². The van der Waals surface area contributed by atoms with Crippen LogP contribution in [0.1, 0.15) is 39.5 Å². The highest BCUT2D eigenvalue weighted by Crippen LogP contribution is 2.33. The predicted molar refractivity (Wildman–Crippen MR) is 75.6 cm³/mol. The number of hydrogen-bond acceptors (Lipinski definition) is 3. The van der Waals surface area contributed by atoms with E-state index in [1.165, 1.54) is 19.3 Å². The summed E-state index contributed by atoms with van der Waals surface area (Å²) in [5.74, 6) is 1.32. The first-order valence-electron chi connectivity index (χ1n) is 7.57. The molecule has 1 N–H and O–H groups in total. The third-order valence-electron chi connectivity index (χ3n) is 5.05. The summed E-state index contributed by atoms with van der Waals surface area (Å²) in [6, 6.07) is 1.14. The van der Waals surface area contributed by atoms with Gasteiger partial charge in [0.2, 0.25) is 0 Å². The van der Waals surface area contributed by atoms with E-state index in [-0.39, 0.29) is 6.10 Å². The molecule has 2 fully saturated rings. The summed E-state index contributed by atoms with van der Waals surface area (Å²) in [6.45, 7) is 6.91. The molecular weight excluding hydrogens is 224 g/mol. The first-order chi connectivity index (χ1) is 8.49. The van der Waals surface area contributed by atoms with Crippen LogP contribution in [-0.4, -0.2) is 60.3 Å². The zero-order valence-corrected chi connectivity index (χ0v) is 12.5. The molecule has 18 heavy (non-hydrogen) atoms. The first-order valence-corrected chi connectivity index (χ1v) is 7.57. The van der Waals surface area contributed by atoms with Gasteiger partial charge in [-0.15, -0.1) is 0 Å². The van der Waals surface area contributed by atoms with E-state index >= 15 is 0 Å². The lowest BCUT2D eigenvalue weighted by Crippen LogP contribution is -2.55. The van der Waals surface area contributed by atoms with Gasteiger partial charge in [0.1, 0.15) is 0 Å². The number of nitrogens with zero attached hydrogens (tertiary/aromatic N) is 2. The summed E-state index contributed by atoms with van der Waals surface area (Å²) in [5.41, 5.74) is 0. The van der Waals surface area contributed by atoms with Crippen LogP contribution in [0.5, 0.6) is 0 Å². The van der Waals surface area contributed by atoms with Gasteiger partial charge in [0, 0.05) is 25.2 Å². The van der Waals surface area contributed by atoms with E-state index in [0.29, 0.717) is 17.9 Å². The fourth-order valence-electron chi connectivity index (χ4n) is 4.10. The van der Waals surface area contributed by atoms with Crippen molar-refractivity contribution in [3.8, 4) is 0 Å². The molecule has 3 heteroatoms. The van der Waals surface area contributed by atoms with Crippen molar-refractivity contribution in [3.63, 3.8) is 0 Å². The normalized spacial score (nSPS) is 40.3. The first kappa shape index (κ1) is 14.3. The maximum Gasteiger partial charge on any atom is 0.0700 e. The SMILES string of the molecule is CC1CC(C)C(N2CCC(N(C)C)CC2)C(O)C1. The zero-order valence-electron chi connectivity index (χ0n) is 12.5. The Bertz CT molecular complexity index is 249. The van der Waals surface area contributed by atoms with Crippen molar-refractivity contribution in [2.24, 2.45) is 11.8 Å². The predicted octanol–water partition coefficient (Wildman–Crippen LogP) is 1.81. The summed E-state index contributed by atoms with van der Waals surface area (Å²) in [6.07, 6.45) is 4.65. The smallest absolute Gasteiger partial charge is 0.0700 e. The van der Waals surface area contributed by atoms with E-state index in [0.717, 1.165) is 25.6 Å². The van der Waals surface area contributed by atoms with Gasteiger partial charge in [-0.2, -0.15) is 0 Å². The van der Waals surface area contributed by atoms with Gasteiger partial charge in [-0.3, -0.25) is 4.90 Å². The highest BCUT2D eigenvalue weighted by molar-refractivity contribution is 4.92. The molecule has 0 radical (unpaired) electrons. The highest BCUT2D eigenvalue weighted by atomic mass is 16.3. The molecule has 0 aromatic rings. The molecule has 1 heterocycles. The van der Waals surface area contributed by atoms with E-state index in [2.05, 4.69) is 37.7 Å². The monoisotopic (exact) mass is 254 g/mol. The van der Waals surface area contributed by atoms with Gasteiger partial charge in [0.15, 0.2) is 0 Å². The Morgan fingerprint density at radius 2 is 1.67 bits per heavy atom. The second-order valence-corrected chi connectivity index (χ2v) is 6.84. The van der Waals surface area contributed by atoms with Crippen molar-refractivity contribution in [2.45, 2.75) is 57.7 Å². The molecule has 4 unspecified atom stereocenters. The Hall–Kier alpha value is -0.120. The van der Waals surface area contributed by atoms with Crippen LogP contribution in [0.15, 0.2) is 0 Å². The van der Waals surface area contributed by atoms with Crippen LogP contribution in [0.2, 0.25) is 0 Å². The molecule has 0 spiro atoms. The van der Waals surface area contributed by atoms with E-state index in [9.17, 15) is 5.11 Å². The van der Waals surface area contributed by atoms with Crippen LogP contribution >= 0.6 is 0 Å². The minimum Gasteiger partial charge on any atom is -0.391 e. The van der Waals surface area contributed by atoms with Crippen molar-refractivity contribution in [3.05, 3.63) is 0 Å². The molecule has 2 aliphatic rings. The average Bonchev–Trinajstić information content (AvgIpc) is 2.28. The minimum absolute atomic E-state index is 0.111. The molecule has 0 bridgehead atoms. The topological polar surface area (TPSA) is 26.7 Å². The lowest BCUT2D eigenvalue weighted by atomic mass is 9.76. The maximum absolute atomic E-state index is 10.4. The highest BCUT2D eigenvalue weighted by Gasteiger charge is 2.38. The molecular formula is C15H30N2O. The average molecular weight is 254 g/mol. The van der Waals surface area contributed by atoms with Crippen molar-refractivity contribution >= 4 is 0 Å². The molecule has 3 nitrogen and oxygen atoms in total. The van der Waals surface area contributed by atoms with Crippen LogP contribution in [0.3, 0.4) is 0 Å². The van der Waals surface area contributed by atoms with Crippen LogP contribution < -0.4 is 0 Å². The minimum atomic E-state index is -0.111. The van der Waals surface area contributed by atoms with Crippen molar-refractivity contribution in [1.82, 2.24) is 9.80 Å². The van der Waals surface area contributed by atoms with Gasteiger partial charge in [-0.05, 0) is 51.6 Å². The van der Waals surface area contributed by atoms with Crippen molar-refractivity contribution in [1.29, 1.82) is 0 Å². The van der Waals surface area contributed by atoms with E-state index in [4.69, 9.17) is 0 Å². The molecule has 1 aliphatic heterocycles. The Morgan fingerprint density at radius 1 is 1.06 bits per heavy atom. The lowest BCUT2D eigenvalue weighted by molar-refractivity contribution is -0.0379. The van der Waals surface area contributed by atoms with E-state index in [1.807, 2.05) is 0 Å². The fourth-order valence-corrected chi connectivity index (χ4v) is 4.10.